The van der Waals surface area contributed by atoms with E-state index in [1.54, 1.807) is 12.3 Å². The lowest BCUT2D eigenvalue weighted by molar-refractivity contribution is -0.384. The highest BCUT2D eigenvalue weighted by molar-refractivity contribution is 5.61. The van der Waals surface area contributed by atoms with Gasteiger partial charge in [-0.15, -0.1) is 0 Å². The lowest BCUT2D eigenvalue weighted by atomic mass is 9.98. The third kappa shape index (κ3) is 2.52. The maximum atomic E-state index is 10.9. The molecule has 2 heterocycles. The van der Waals surface area contributed by atoms with Crippen LogP contribution < -0.4 is 4.90 Å². The number of aliphatic hydroxyl groups is 1. The highest BCUT2D eigenvalue weighted by Crippen LogP contribution is 2.30. The number of hydrogen-bond acceptors (Lipinski definition) is 5. The molecule has 0 spiro atoms. The van der Waals surface area contributed by atoms with Crippen molar-refractivity contribution in [1.82, 2.24) is 4.98 Å². The van der Waals surface area contributed by atoms with Gasteiger partial charge in [0.2, 0.25) is 0 Å². The van der Waals surface area contributed by atoms with Crippen LogP contribution in [-0.4, -0.2) is 34.7 Å². The van der Waals surface area contributed by atoms with Crippen LogP contribution in [0.4, 0.5) is 11.4 Å². The van der Waals surface area contributed by atoms with E-state index < -0.39 is 4.92 Å². The molecule has 0 amide bonds. The summed E-state index contributed by atoms with van der Waals surface area (Å²) in [5.41, 5.74) is 0.634. The standard InChI is InChI=1S/C11H15N3O3/c15-8-9-2-1-5-13(7-9)10-3-4-12-6-11(10)14(16)17/h3-4,6,9,15H,1-2,5,7-8H2. The Morgan fingerprint density at radius 1 is 1.65 bits per heavy atom. The van der Waals surface area contributed by atoms with Gasteiger partial charge >= 0.3 is 5.69 Å². The molecule has 0 bridgehead atoms. The lowest BCUT2D eigenvalue weighted by Gasteiger charge is -2.33. The van der Waals surface area contributed by atoms with Crippen LogP contribution in [0.5, 0.6) is 0 Å². The molecule has 0 aromatic carbocycles. The lowest BCUT2D eigenvalue weighted by Crippen LogP contribution is -2.37. The maximum Gasteiger partial charge on any atom is 0.310 e. The first-order valence-corrected chi connectivity index (χ1v) is 5.66. The van der Waals surface area contributed by atoms with Gasteiger partial charge in [0.05, 0.1) is 4.92 Å². The Bertz CT molecular complexity index is 411. The van der Waals surface area contributed by atoms with Gasteiger partial charge in [0, 0.05) is 25.9 Å². The molecule has 6 nitrogen and oxygen atoms in total. The van der Waals surface area contributed by atoms with Gasteiger partial charge in [-0.2, -0.15) is 0 Å². The second kappa shape index (κ2) is 5.09. The van der Waals surface area contributed by atoms with Gasteiger partial charge in [0.25, 0.3) is 0 Å². The zero-order chi connectivity index (χ0) is 12.3. The molecule has 1 N–H and O–H groups in total. The van der Waals surface area contributed by atoms with Gasteiger partial charge in [0.1, 0.15) is 11.9 Å². The van der Waals surface area contributed by atoms with E-state index in [1.807, 2.05) is 4.90 Å². The summed E-state index contributed by atoms with van der Waals surface area (Å²) in [6.07, 6.45) is 4.76. The van der Waals surface area contributed by atoms with Crippen LogP contribution in [0.3, 0.4) is 0 Å². The third-order valence-corrected chi connectivity index (χ3v) is 3.09. The Morgan fingerprint density at radius 3 is 3.18 bits per heavy atom. The second-order valence-corrected chi connectivity index (χ2v) is 4.26. The van der Waals surface area contributed by atoms with Gasteiger partial charge in [-0.1, -0.05) is 0 Å². The van der Waals surface area contributed by atoms with Gasteiger partial charge in [0.15, 0.2) is 0 Å². The van der Waals surface area contributed by atoms with E-state index in [9.17, 15) is 10.1 Å². The number of anilines is 1. The van der Waals surface area contributed by atoms with Crippen LogP contribution in [-0.2, 0) is 0 Å². The highest BCUT2D eigenvalue weighted by atomic mass is 16.6. The summed E-state index contributed by atoms with van der Waals surface area (Å²) in [6.45, 7) is 1.60. The third-order valence-electron chi connectivity index (χ3n) is 3.09. The van der Waals surface area contributed by atoms with E-state index in [1.165, 1.54) is 6.20 Å². The largest absolute Gasteiger partial charge is 0.396 e. The second-order valence-electron chi connectivity index (χ2n) is 4.26. The molecule has 92 valence electrons. The predicted octanol–water partition coefficient (Wildman–Crippen LogP) is 1.20. The number of aliphatic hydroxyl groups excluding tert-OH is 1. The number of nitro groups is 1. The van der Waals surface area contributed by atoms with Gasteiger partial charge < -0.3 is 10.0 Å². The van der Waals surface area contributed by atoms with Crippen molar-refractivity contribution < 1.29 is 10.0 Å². The van der Waals surface area contributed by atoms with Crippen LogP contribution in [0.2, 0.25) is 0 Å². The van der Waals surface area contributed by atoms with Crippen molar-refractivity contribution in [3.63, 3.8) is 0 Å². The summed E-state index contributed by atoms with van der Waals surface area (Å²) in [7, 11) is 0. The monoisotopic (exact) mass is 237 g/mol. The molecular formula is C11H15N3O3. The van der Waals surface area contributed by atoms with Crippen molar-refractivity contribution in [2.45, 2.75) is 12.8 Å². The fraction of sp³-hybridized carbons (Fsp3) is 0.545. The molecule has 1 aromatic rings. The van der Waals surface area contributed by atoms with Crippen LogP contribution in [0, 0.1) is 16.0 Å². The van der Waals surface area contributed by atoms with Gasteiger partial charge in [-0.3, -0.25) is 15.1 Å². The molecule has 0 radical (unpaired) electrons. The molecule has 0 saturated carbocycles. The first-order chi connectivity index (χ1) is 8.22. The van der Waals surface area contributed by atoms with E-state index >= 15 is 0 Å². The number of pyridine rings is 1. The normalized spacial score (nSPS) is 20.3. The van der Waals surface area contributed by atoms with E-state index in [0.717, 1.165) is 19.4 Å². The molecule has 0 aliphatic carbocycles. The Hall–Kier alpha value is -1.69. The highest BCUT2D eigenvalue weighted by Gasteiger charge is 2.24. The van der Waals surface area contributed by atoms with Crippen molar-refractivity contribution in [3.05, 3.63) is 28.6 Å². The number of piperidine rings is 1. The number of rotatable bonds is 3. The molecule has 2 rings (SSSR count). The van der Waals surface area contributed by atoms with Gasteiger partial charge in [-0.05, 0) is 24.8 Å². The van der Waals surface area contributed by atoms with E-state index in [-0.39, 0.29) is 18.2 Å². The van der Waals surface area contributed by atoms with Crippen LogP contribution >= 0.6 is 0 Å². The first kappa shape index (κ1) is 11.8. The number of hydrogen-bond donors (Lipinski definition) is 1. The number of nitrogens with zero attached hydrogens (tertiary/aromatic N) is 3. The molecule has 1 aliphatic heterocycles. The minimum absolute atomic E-state index is 0.0334. The van der Waals surface area contributed by atoms with Crippen molar-refractivity contribution in [2.75, 3.05) is 24.6 Å². The smallest absolute Gasteiger partial charge is 0.310 e. The zero-order valence-corrected chi connectivity index (χ0v) is 9.45. The Labute approximate surface area is 99.0 Å². The van der Waals surface area contributed by atoms with Crippen LogP contribution in [0.25, 0.3) is 0 Å². The Morgan fingerprint density at radius 2 is 2.47 bits per heavy atom. The minimum Gasteiger partial charge on any atom is -0.396 e. The fourth-order valence-electron chi connectivity index (χ4n) is 2.22. The summed E-state index contributed by atoms with van der Waals surface area (Å²) in [5, 5.41) is 20.1. The molecule has 6 heteroatoms. The van der Waals surface area contributed by atoms with Crippen molar-refractivity contribution >= 4 is 11.4 Å². The molecule has 17 heavy (non-hydrogen) atoms. The van der Waals surface area contributed by atoms with Crippen LogP contribution in [0.1, 0.15) is 12.8 Å². The molecule has 1 aromatic heterocycles. The summed E-state index contributed by atoms with van der Waals surface area (Å²) in [4.78, 5) is 16.2. The Kier molecular flexibility index (Phi) is 3.53. The summed E-state index contributed by atoms with van der Waals surface area (Å²) in [6, 6.07) is 1.66. The van der Waals surface area contributed by atoms with E-state index in [2.05, 4.69) is 4.98 Å². The topological polar surface area (TPSA) is 79.5 Å². The van der Waals surface area contributed by atoms with Crippen molar-refractivity contribution in [1.29, 1.82) is 0 Å². The predicted molar refractivity (Wildman–Crippen MR) is 62.9 cm³/mol. The molecule has 1 atom stereocenters. The van der Waals surface area contributed by atoms with E-state index in [4.69, 9.17) is 5.11 Å². The first-order valence-electron chi connectivity index (χ1n) is 5.66. The van der Waals surface area contributed by atoms with Gasteiger partial charge in [-0.25, -0.2) is 0 Å². The molecule has 1 fully saturated rings. The average molecular weight is 237 g/mol. The molecule has 1 saturated heterocycles. The SMILES string of the molecule is O=[N+]([O-])c1cnccc1N1CCCC(CO)C1. The minimum atomic E-state index is -0.412. The summed E-state index contributed by atoms with van der Waals surface area (Å²) < 4.78 is 0. The Balaban J connectivity index is 2.24. The quantitative estimate of drug-likeness (QED) is 0.631. The summed E-state index contributed by atoms with van der Waals surface area (Å²) in [5.74, 6) is 0.205. The molecule has 1 aliphatic rings. The number of aromatic nitrogens is 1. The molecule has 1 unspecified atom stereocenters. The zero-order valence-electron chi connectivity index (χ0n) is 9.45. The molecular weight excluding hydrogens is 222 g/mol. The fourth-order valence-corrected chi connectivity index (χ4v) is 2.22. The van der Waals surface area contributed by atoms with Crippen molar-refractivity contribution in [2.24, 2.45) is 5.92 Å². The van der Waals surface area contributed by atoms with Crippen LogP contribution in [0.15, 0.2) is 18.5 Å². The van der Waals surface area contributed by atoms with Crippen molar-refractivity contribution in [3.8, 4) is 0 Å². The summed E-state index contributed by atoms with van der Waals surface area (Å²) >= 11 is 0. The maximum absolute atomic E-state index is 10.9. The average Bonchev–Trinajstić information content (AvgIpc) is 2.39. The van der Waals surface area contributed by atoms with E-state index in [0.29, 0.717) is 12.2 Å².